The standard InChI is InChI=1S/C26H31NO3/c1-5-25(30-23-15-10-19-8-6-7-9-21(19)17-23)26(28)27-24(16-18(2)3)20-11-13-22(29-4)14-12-20/h6-15,17-18,24-25H,5,16H2,1-4H3,(H,27,28)/t24-,25-/m0/s1. The summed E-state index contributed by atoms with van der Waals surface area (Å²) in [4.78, 5) is 13.1. The van der Waals surface area contributed by atoms with Crippen molar-refractivity contribution < 1.29 is 14.3 Å². The molecule has 0 saturated carbocycles. The fourth-order valence-electron chi connectivity index (χ4n) is 3.58. The normalized spacial score (nSPS) is 13.1. The van der Waals surface area contributed by atoms with Crippen LogP contribution in [-0.4, -0.2) is 19.1 Å². The van der Waals surface area contributed by atoms with Gasteiger partial charge in [-0.05, 0) is 59.4 Å². The van der Waals surface area contributed by atoms with Crippen molar-refractivity contribution in [3.05, 3.63) is 72.3 Å². The van der Waals surface area contributed by atoms with Gasteiger partial charge in [0.25, 0.3) is 5.91 Å². The maximum absolute atomic E-state index is 13.1. The molecule has 0 bridgehead atoms. The molecule has 4 nitrogen and oxygen atoms in total. The highest BCUT2D eigenvalue weighted by atomic mass is 16.5. The van der Waals surface area contributed by atoms with E-state index in [1.807, 2.05) is 67.6 Å². The van der Waals surface area contributed by atoms with Gasteiger partial charge in [0.05, 0.1) is 13.2 Å². The number of benzene rings is 3. The number of nitrogens with one attached hydrogen (secondary N) is 1. The Morgan fingerprint density at radius 1 is 0.933 bits per heavy atom. The summed E-state index contributed by atoms with van der Waals surface area (Å²) >= 11 is 0. The van der Waals surface area contributed by atoms with Crippen LogP contribution in [0.2, 0.25) is 0 Å². The summed E-state index contributed by atoms with van der Waals surface area (Å²) in [5, 5.41) is 5.46. The van der Waals surface area contributed by atoms with Crippen molar-refractivity contribution in [2.24, 2.45) is 5.92 Å². The summed E-state index contributed by atoms with van der Waals surface area (Å²) in [5.41, 5.74) is 1.07. The molecule has 0 unspecified atom stereocenters. The summed E-state index contributed by atoms with van der Waals surface area (Å²) in [6.45, 7) is 6.28. The number of methoxy groups -OCH3 is 1. The number of ether oxygens (including phenoxy) is 2. The Bertz CT molecular complexity index is 965. The van der Waals surface area contributed by atoms with Crippen molar-refractivity contribution in [1.29, 1.82) is 0 Å². The topological polar surface area (TPSA) is 47.6 Å². The molecule has 0 aromatic heterocycles. The predicted octanol–water partition coefficient (Wildman–Crippen LogP) is 5.91. The lowest BCUT2D eigenvalue weighted by Gasteiger charge is -2.25. The van der Waals surface area contributed by atoms with Crippen molar-refractivity contribution in [2.75, 3.05) is 7.11 Å². The van der Waals surface area contributed by atoms with Gasteiger partial charge < -0.3 is 14.8 Å². The third kappa shape index (κ3) is 5.53. The van der Waals surface area contributed by atoms with Gasteiger partial charge in [0.1, 0.15) is 11.5 Å². The van der Waals surface area contributed by atoms with Gasteiger partial charge in [-0.1, -0.05) is 63.2 Å². The van der Waals surface area contributed by atoms with Crippen LogP contribution in [0.25, 0.3) is 10.8 Å². The van der Waals surface area contributed by atoms with Gasteiger partial charge in [0, 0.05) is 0 Å². The number of carbonyl (C=O) groups is 1. The van der Waals surface area contributed by atoms with Crippen molar-refractivity contribution in [2.45, 2.75) is 45.8 Å². The summed E-state index contributed by atoms with van der Waals surface area (Å²) in [5.74, 6) is 1.87. The van der Waals surface area contributed by atoms with Gasteiger partial charge in [-0.2, -0.15) is 0 Å². The first-order chi connectivity index (χ1) is 14.5. The van der Waals surface area contributed by atoms with Crippen molar-refractivity contribution in [3.63, 3.8) is 0 Å². The summed E-state index contributed by atoms with van der Waals surface area (Å²) < 4.78 is 11.3. The minimum Gasteiger partial charge on any atom is -0.497 e. The van der Waals surface area contributed by atoms with Crippen molar-refractivity contribution >= 4 is 16.7 Å². The number of fused-ring (bicyclic) bond motifs is 1. The highest BCUT2D eigenvalue weighted by Gasteiger charge is 2.23. The quantitative estimate of drug-likeness (QED) is 0.481. The largest absolute Gasteiger partial charge is 0.497 e. The first kappa shape index (κ1) is 21.7. The first-order valence-electron chi connectivity index (χ1n) is 10.6. The molecule has 1 N–H and O–H groups in total. The molecule has 0 heterocycles. The Hall–Kier alpha value is -3.01. The second-order valence-corrected chi connectivity index (χ2v) is 7.99. The van der Waals surface area contributed by atoms with Crippen LogP contribution in [0, 0.1) is 5.92 Å². The molecule has 0 spiro atoms. The maximum atomic E-state index is 13.1. The molecular weight excluding hydrogens is 374 g/mol. The molecule has 3 aromatic carbocycles. The van der Waals surface area contributed by atoms with E-state index in [0.29, 0.717) is 18.1 Å². The molecule has 0 aliphatic carbocycles. The van der Waals surface area contributed by atoms with E-state index in [9.17, 15) is 4.79 Å². The molecule has 0 aliphatic heterocycles. The fraction of sp³-hybridized carbons (Fsp3) is 0.346. The lowest BCUT2D eigenvalue weighted by atomic mass is 9.96. The van der Waals surface area contributed by atoms with Crippen LogP contribution in [0.1, 0.15) is 45.2 Å². The fourth-order valence-corrected chi connectivity index (χ4v) is 3.58. The van der Waals surface area contributed by atoms with Gasteiger partial charge in [-0.25, -0.2) is 0 Å². The Balaban J connectivity index is 1.74. The van der Waals surface area contributed by atoms with E-state index < -0.39 is 6.10 Å². The SMILES string of the molecule is CC[C@H](Oc1ccc2ccccc2c1)C(=O)N[C@@H](CC(C)C)c1ccc(OC)cc1. The Kier molecular flexibility index (Phi) is 7.34. The Labute approximate surface area is 179 Å². The molecule has 158 valence electrons. The highest BCUT2D eigenvalue weighted by molar-refractivity contribution is 5.84. The number of rotatable bonds is 9. The maximum Gasteiger partial charge on any atom is 0.261 e. The van der Waals surface area contributed by atoms with Crippen LogP contribution in [0.3, 0.4) is 0 Å². The molecule has 1 amide bonds. The zero-order valence-electron chi connectivity index (χ0n) is 18.2. The van der Waals surface area contributed by atoms with E-state index in [4.69, 9.17) is 9.47 Å². The third-order valence-corrected chi connectivity index (χ3v) is 5.20. The zero-order chi connectivity index (χ0) is 21.5. The molecule has 4 heteroatoms. The van der Waals surface area contributed by atoms with Crippen LogP contribution in [0.5, 0.6) is 11.5 Å². The van der Waals surface area contributed by atoms with Gasteiger partial charge in [0.2, 0.25) is 0 Å². The molecule has 2 atom stereocenters. The number of carbonyl (C=O) groups excluding carboxylic acids is 1. The van der Waals surface area contributed by atoms with Crippen LogP contribution < -0.4 is 14.8 Å². The second kappa shape index (κ2) is 10.1. The van der Waals surface area contributed by atoms with Gasteiger partial charge in [-0.3, -0.25) is 4.79 Å². The van der Waals surface area contributed by atoms with Gasteiger partial charge in [-0.15, -0.1) is 0 Å². The van der Waals surface area contributed by atoms with Crippen LogP contribution >= 0.6 is 0 Å². The van der Waals surface area contributed by atoms with Crippen molar-refractivity contribution in [1.82, 2.24) is 5.32 Å². The molecule has 3 aromatic rings. The van der Waals surface area contributed by atoms with E-state index in [1.54, 1.807) is 7.11 Å². The first-order valence-corrected chi connectivity index (χ1v) is 10.6. The van der Waals surface area contributed by atoms with Gasteiger partial charge in [0.15, 0.2) is 6.10 Å². The molecule has 30 heavy (non-hydrogen) atoms. The van der Waals surface area contributed by atoms with Gasteiger partial charge >= 0.3 is 0 Å². The average Bonchev–Trinajstić information content (AvgIpc) is 2.76. The molecule has 0 saturated heterocycles. The Morgan fingerprint density at radius 2 is 1.60 bits per heavy atom. The van der Waals surface area contributed by atoms with E-state index in [2.05, 4.69) is 25.2 Å². The predicted molar refractivity (Wildman–Crippen MR) is 122 cm³/mol. The lowest BCUT2D eigenvalue weighted by Crippen LogP contribution is -2.40. The zero-order valence-corrected chi connectivity index (χ0v) is 18.2. The summed E-state index contributed by atoms with van der Waals surface area (Å²) in [6.07, 6.45) is 0.902. The molecule has 0 fully saturated rings. The minimum atomic E-state index is -0.543. The van der Waals surface area contributed by atoms with Crippen LogP contribution in [-0.2, 0) is 4.79 Å². The summed E-state index contributed by atoms with van der Waals surface area (Å²) in [6, 6.07) is 21.9. The number of hydrogen-bond donors (Lipinski definition) is 1. The highest BCUT2D eigenvalue weighted by Crippen LogP contribution is 2.25. The monoisotopic (exact) mass is 405 g/mol. The molecule has 0 radical (unpaired) electrons. The van der Waals surface area contributed by atoms with Crippen molar-refractivity contribution in [3.8, 4) is 11.5 Å². The lowest BCUT2D eigenvalue weighted by molar-refractivity contribution is -0.129. The Morgan fingerprint density at radius 3 is 2.23 bits per heavy atom. The number of amides is 1. The minimum absolute atomic E-state index is 0.0716. The summed E-state index contributed by atoms with van der Waals surface area (Å²) in [7, 11) is 1.65. The third-order valence-electron chi connectivity index (χ3n) is 5.20. The second-order valence-electron chi connectivity index (χ2n) is 7.99. The van der Waals surface area contributed by atoms with E-state index in [1.165, 1.54) is 0 Å². The van der Waals surface area contributed by atoms with Crippen LogP contribution in [0.4, 0.5) is 0 Å². The molecule has 0 aliphatic rings. The average molecular weight is 406 g/mol. The van der Waals surface area contributed by atoms with E-state index in [-0.39, 0.29) is 11.9 Å². The van der Waals surface area contributed by atoms with E-state index in [0.717, 1.165) is 28.5 Å². The number of hydrogen-bond acceptors (Lipinski definition) is 3. The molecular formula is C26H31NO3. The van der Waals surface area contributed by atoms with Crippen LogP contribution in [0.15, 0.2) is 66.7 Å². The van der Waals surface area contributed by atoms with E-state index >= 15 is 0 Å². The smallest absolute Gasteiger partial charge is 0.261 e. The molecule has 3 rings (SSSR count).